The molecule has 2 aliphatic rings. The summed E-state index contributed by atoms with van der Waals surface area (Å²) in [4.78, 5) is 2.60. The Morgan fingerprint density at radius 3 is 1.32 bits per heavy atom. The third-order valence-corrected chi connectivity index (χ3v) is 13.8. The summed E-state index contributed by atoms with van der Waals surface area (Å²) < 4.78 is 2.45. The van der Waals surface area contributed by atoms with Crippen molar-refractivity contribution in [3.8, 4) is 39.1 Å². The molecule has 0 atom stereocenters. The fourth-order valence-corrected chi connectivity index (χ4v) is 11.0. The average Bonchev–Trinajstić information content (AvgIpc) is 3.84. The van der Waals surface area contributed by atoms with E-state index in [0.717, 1.165) is 5.69 Å². The topological polar surface area (TPSA) is 8.17 Å². The molecule has 0 radical (unpaired) electrons. The predicted octanol–water partition coefficient (Wildman–Crippen LogP) is 15.7. The van der Waals surface area contributed by atoms with E-state index in [2.05, 4.69) is 231 Å². The van der Waals surface area contributed by atoms with Gasteiger partial charge in [0.1, 0.15) is 0 Å². The Morgan fingerprint density at radius 2 is 0.717 bits per heavy atom. The van der Waals surface area contributed by atoms with Crippen LogP contribution in [0.1, 0.15) is 49.9 Å². The third-order valence-electron chi connectivity index (χ3n) is 13.8. The summed E-state index contributed by atoms with van der Waals surface area (Å²) in [5.74, 6) is 0. The van der Waals surface area contributed by atoms with Gasteiger partial charge in [0.25, 0.3) is 0 Å². The Hall–Kier alpha value is -7.16. The molecule has 0 bridgehead atoms. The molecule has 2 aliphatic carbocycles. The van der Waals surface area contributed by atoms with E-state index in [-0.39, 0.29) is 10.8 Å². The highest BCUT2D eigenvalue weighted by molar-refractivity contribution is 6.12. The van der Waals surface area contributed by atoms with Gasteiger partial charge in [-0.2, -0.15) is 0 Å². The number of para-hydroxylation sites is 3. The van der Waals surface area contributed by atoms with E-state index in [1.807, 2.05) is 0 Å². The Kier molecular flexibility index (Phi) is 7.36. The lowest BCUT2D eigenvalue weighted by molar-refractivity contribution is 0.660. The van der Waals surface area contributed by atoms with Gasteiger partial charge in [-0.3, -0.25) is 0 Å². The monoisotopic (exact) mass is 768 g/mol. The minimum Gasteiger partial charge on any atom is -0.309 e. The van der Waals surface area contributed by atoms with E-state index in [1.165, 1.54) is 105 Å². The zero-order chi connectivity index (χ0) is 40.3. The van der Waals surface area contributed by atoms with Gasteiger partial charge in [0.15, 0.2) is 0 Å². The molecular formula is C58H44N2. The Labute approximate surface area is 351 Å². The summed E-state index contributed by atoms with van der Waals surface area (Å²) in [7, 11) is 0. The van der Waals surface area contributed by atoms with Gasteiger partial charge in [0.05, 0.1) is 33.8 Å². The van der Waals surface area contributed by atoms with Crippen LogP contribution in [-0.2, 0) is 10.8 Å². The lowest BCUT2D eigenvalue weighted by Crippen LogP contribution is -2.17. The Balaban J connectivity index is 1.15. The molecule has 2 nitrogen and oxygen atoms in total. The maximum absolute atomic E-state index is 2.60. The summed E-state index contributed by atoms with van der Waals surface area (Å²) in [6.07, 6.45) is 0. The zero-order valence-corrected chi connectivity index (χ0v) is 34.4. The van der Waals surface area contributed by atoms with Crippen LogP contribution in [-0.4, -0.2) is 4.57 Å². The van der Waals surface area contributed by atoms with Crippen molar-refractivity contribution in [2.24, 2.45) is 0 Å². The minimum absolute atomic E-state index is 0.136. The first-order valence-electron chi connectivity index (χ1n) is 21.2. The second kappa shape index (κ2) is 12.7. The largest absolute Gasteiger partial charge is 0.309 e. The van der Waals surface area contributed by atoms with E-state index < -0.39 is 0 Å². The first-order valence-corrected chi connectivity index (χ1v) is 21.2. The van der Waals surface area contributed by atoms with Crippen LogP contribution in [0.2, 0.25) is 0 Å². The van der Waals surface area contributed by atoms with Gasteiger partial charge < -0.3 is 9.47 Å². The van der Waals surface area contributed by atoms with E-state index in [0.29, 0.717) is 0 Å². The fourth-order valence-electron chi connectivity index (χ4n) is 11.0. The molecule has 1 heterocycles. The molecule has 0 fully saturated rings. The molecule has 0 amide bonds. The van der Waals surface area contributed by atoms with E-state index in [4.69, 9.17) is 0 Å². The minimum atomic E-state index is -0.136. The molecule has 286 valence electrons. The van der Waals surface area contributed by atoms with Crippen LogP contribution in [0, 0.1) is 0 Å². The Morgan fingerprint density at radius 1 is 0.317 bits per heavy atom. The smallest absolute Gasteiger partial charge is 0.0543 e. The molecule has 60 heavy (non-hydrogen) atoms. The van der Waals surface area contributed by atoms with Gasteiger partial charge in [-0.25, -0.2) is 0 Å². The molecule has 0 saturated heterocycles. The maximum Gasteiger partial charge on any atom is 0.0543 e. The van der Waals surface area contributed by atoms with Crippen molar-refractivity contribution in [1.29, 1.82) is 0 Å². The summed E-state index contributed by atoms with van der Waals surface area (Å²) in [6.45, 7) is 9.51. The molecule has 2 heteroatoms. The second-order valence-electron chi connectivity index (χ2n) is 17.6. The summed E-state index contributed by atoms with van der Waals surface area (Å²) in [5.41, 5.74) is 20.0. The van der Waals surface area contributed by atoms with Crippen LogP contribution in [0.15, 0.2) is 194 Å². The van der Waals surface area contributed by atoms with Gasteiger partial charge >= 0.3 is 0 Å². The normalized spacial score (nSPS) is 14.3. The van der Waals surface area contributed by atoms with Crippen LogP contribution in [0.4, 0.5) is 17.1 Å². The van der Waals surface area contributed by atoms with E-state index in [1.54, 1.807) is 0 Å². The van der Waals surface area contributed by atoms with Crippen molar-refractivity contribution in [3.63, 3.8) is 0 Å². The molecule has 0 saturated carbocycles. The SMILES string of the molecule is CC1(C)c2ccccc2-c2c(N(c3cccc4c3-c3ccccc3C4(C)C)c3cccc4c(-c5ccccc5-n5c6ccccc6c6ccccc65)cccc34)cccc21. The number of fused-ring (bicyclic) bond motifs is 10. The van der Waals surface area contributed by atoms with Crippen LogP contribution in [0.5, 0.6) is 0 Å². The molecule has 0 spiro atoms. The molecule has 10 aromatic rings. The molecule has 0 aliphatic heterocycles. The van der Waals surface area contributed by atoms with Crippen LogP contribution in [0.25, 0.3) is 71.6 Å². The van der Waals surface area contributed by atoms with Crippen molar-refractivity contribution in [1.82, 2.24) is 4.57 Å². The highest BCUT2D eigenvalue weighted by Crippen LogP contribution is 2.58. The summed E-state index contributed by atoms with van der Waals surface area (Å²) >= 11 is 0. The van der Waals surface area contributed by atoms with Gasteiger partial charge in [0, 0.05) is 43.7 Å². The van der Waals surface area contributed by atoms with Gasteiger partial charge in [-0.1, -0.05) is 185 Å². The van der Waals surface area contributed by atoms with Crippen molar-refractivity contribution in [3.05, 3.63) is 216 Å². The van der Waals surface area contributed by atoms with Crippen molar-refractivity contribution in [2.45, 2.75) is 38.5 Å². The van der Waals surface area contributed by atoms with Crippen LogP contribution < -0.4 is 4.90 Å². The highest BCUT2D eigenvalue weighted by atomic mass is 15.2. The molecule has 9 aromatic carbocycles. The van der Waals surface area contributed by atoms with Gasteiger partial charge in [-0.15, -0.1) is 0 Å². The van der Waals surface area contributed by atoms with E-state index >= 15 is 0 Å². The number of benzene rings is 9. The second-order valence-corrected chi connectivity index (χ2v) is 17.6. The van der Waals surface area contributed by atoms with Crippen molar-refractivity contribution >= 4 is 49.6 Å². The highest BCUT2D eigenvalue weighted by Gasteiger charge is 2.41. The predicted molar refractivity (Wildman–Crippen MR) is 254 cm³/mol. The lowest BCUT2D eigenvalue weighted by Gasteiger charge is -2.32. The maximum atomic E-state index is 2.60. The Bertz CT molecular complexity index is 3230. The molecule has 0 unspecified atom stereocenters. The molecule has 1 aromatic heterocycles. The summed E-state index contributed by atoms with van der Waals surface area (Å²) in [5, 5.41) is 4.95. The number of hydrogen-bond donors (Lipinski definition) is 0. The van der Waals surface area contributed by atoms with E-state index in [9.17, 15) is 0 Å². The average molecular weight is 769 g/mol. The number of aromatic nitrogens is 1. The number of rotatable bonds is 5. The lowest BCUT2D eigenvalue weighted by atomic mass is 9.82. The number of anilines is 3. The number of nitrogens with zero attached hydrogens (tertiary/aromatic N) is 2. The first kappa shape index (κ1) is 34.8. The summed E-state index contributed by atoms with van der Waals surface area (Å²) in [6, 6.07) is 72.3. The molecule has 12 rings (SSSR count). The molecular weight excluding hydrogens is 725 g/mol. The quantitative estimate of drug-likeness (QED) is 0.169. The van der Waals surface area contributed by atoms with Crippen LogP contribution >= 0.6 is 0 Å². The van der Waals surface area contributed by atoms with Crippen LogP contribution in [0.3, 0.4) is 0 Å². The van der Waals surface area contributed by atoms with Gasteiger partial charge in [0.2, 0.25) is 0 Å². The van der Waals surface area contributed by atoms with Gasteiger partial charge in [-0.05, 0) is 80.7 Å². The van der Waals surface area contributed by atoms with Crippen molar-refractivity contribution < 1.29 is 0 Å². The third kappa shape index (κ3) is 4.70. The fraction of sp³-hybridized carbons (Fsp3) is 0.103. The number of hydrogen-bond acceptors (Lipinski definition) is 1. The first-order chi connectivity index (χ1) is 29.3. The standard InChI is InChI=1S/C58H44N2/c1-57(2)45-27-10-5-22-43(45)55-47(57)29-17-35-53(55)60(54-36-18-30-48-56(54)44-23-6-11-28-46(44)58(48,3)4)52-34-16-25-38-37(24-15-26-40(38)52)39-19-7-12-31-49(39)59-50-32-13-8-20-41(50)42-21-9-14-33-51(42)59/h5-36H,1-4H3. The van der Waals surface area contributed by atoms with Crippen molar-refractivity contribution in [2.75, 3.05) is 4.90 Å². The zero-order valence-electron chi connectivity index (χ0n) is 34.4. The molecule has 0 N–H and O–H groups in total.